The number of hydrogen-bond donors (Lipinski definition) is 1. The molecule has 0 aromatic carbocycles. The Morgan fingerprint density at radius 3 is 3.05 bits per heavy atom. The minimum absolute atomic E-state index is 0.405. The van der Waals surface area contributed by atoms with Crippen molar-refractivity contribution in [2.45, 2.75) is 38.1 Å². The van der Waals surface area contributed by atoms with Crippen LogP contribution in [0.2, 0.25) is 0 Å². The minimum atomic E-state index is 0.405. The second-order valence-electron chi connectivity index (χ2n) is 5.73. The Balaban J connectivity index is 1.60. The van der Waals surface area contributed by atoms with Gasteiger partial charge in [0.05, 0.1) is 9.83 Å². The van der Waals surface area contributed by atoms with Gasteiger partial charge in [0.15, 0.2) is 5.96 Å². The van der Waals surface area contributed by atoms with Crippen LogP contribution in [0.1, 0.15) is 37.0 Å². The summed E-state index contributed by atoms with van der Waals surface area (Å²) in [6.07, 6.45) is 3.71. The predicted octanol–water partition coefficient (Wildman–Crippen LogP) is 3.41. The molecule has 0 bridgehead atoms. The molecule has 3 rings (SSSR count). The van der Waals surface area contributed by atoms with Crippen molar-refractivity contribution in [1.82, 2.24) is 4.90 Å². The minimum Gasteiger partial charge on any atom is -0.370 e. The molecular weight excluding hydrogens is 322 g/mol. The molecule has 2 N–H and O–H groups in total. The molecule has 0 radical (unpaired) electrons. The lowest BCUT2D eigenvalue weighted by Crippen LogP contribution is -2.43. The van der Waals surface area contributed by atoms with Crippen molar-refractivity contribution in [1.29, 1.82) is 0 Å². The van der Waals surface area contributed by atoms with E-state index in [-0.39, 0.29) is 0 Å². The van der Waals surface area contributed by atoms with E-state index in [4.69, 9.17) is 10.7 Å². The van der Waals surface area contributed by atoms with Gasteiger partial charge in [0.1, 0.15) is 0 Å². The maximum atomic E-state index is 6.17. The lowest BCUT2D eigenvalue weighted by molar-refractivity contribution is 0.270. The first-order valence-corrected chi connectivity index (χ1v) is 8.58. The Kier molecular flexibility index (Phi) is 3.85. The molecule has 3 nitrogen and oxygen atoms in total. The summed E-state index contributed by atoms with van der Waals surface area (Å²) in [5, 5.41) is 0. The van der Waals surface area contributed by atoms with Gasteiger partial charge in [-0.15, -0.1) is 11.3 Å². The lowest BCUT2D eigenvalue weighted by Gasteiger charge is -2.31. The molecule has 5 heteroatoms. The smallest absolute Gasteiger partial charge is 0.191 e. The van der Waals surface area contributed by atoms with Crippen molar-refractivity contribution >= 4 is 33.2 Å². The van der Waals surface area contributed by atoms with E-state index in [0.717, 1.165) is 31.4 Å². The van der Waals surface area contributed by atoms with Gasteiger partial charge in [-0.1, -0.05) is 6.92 Å². The molecule has 2 aliphatic rings. The molecule has 19 heavy (non-hydrogen) atoms. The Bertz CT molecular complexity index is 485. The summed E-state index contributed by atoms with van der Waals surface area (Å²) < 4.78 is 1.20. The maximum Gasteiger partial charge on any atom is 0.191 e. The summed E-state index contributed by atoms with van der Waals surface area (Å²) in [6, 6.07) is 4.73. The van der Waals surface area contributed by atoms with Crippen molar-refractivity contribution in [3.63, 3.8) is 0 Å². The standard InChI is InChI=1S/C14H20BrN3S/c1-9-3-2-6-18(8-9)14(16)17-11-7-10(11)12-4-5-13(15)19-12/h4-5,9-11H,2-3,6-8H2,1H3,(H2,16,17)/t9?,10-,11-/m1/s1. The van der Waals surface area contributed by atoms with Crippen LogP contribution >= 0.6 is 27.3 Å². The van der Waals surface area contributed by atoms with Gasteiger partial charge >= 0.3 is 0 Å². The molecule has 1 saturated heterocycles. The number of halogens is 1. The number of thiophene rings is 1. The molecule has 3 atom stereocenters. The lowest BCUT2D eigenvalue weighted by atomic mass is 10.0. The highest BCUT2D eigenvalue weighted by atomic mass is 79.9. The fourth-order valence-electron chi connectivity index (χ4n) is 2.81. The van der Waals surface area contributed by atoms with Crippen LogP contribution < -0.4 is 5.73 Å². The summed E-state index contributed by atoms with van der Waals surface area (Å²) in [7, 11) is 0. The van der Waals surface area contributed by atoms with E-state index in [1.54, 1.807) is 0 Å². The van der Waals surface area contributed by atoms with Crippen molar-refractivity contribution in [3.8, 4) is 0 Å². The quantitative estimate of drug-likeness (QED) is 0.661. The number of likely N-dealkylation sites (tertiary alicyclic amines) is 1. The van der Waals surface area contributed by atoms with Crippen LogP contribution in [0.25, 0.3) is 0 Å². The number of nitrogens with two attached hydrogens (primary N) is 1. The Labute approximate surface area is 127 Å². The van der Waals surface area contributed by atoms with Crippen LogP contribution in [0.15, 0.2) is 20.9 Å². The first kappa shape index (κ1) is 13.4. The van der Waals surface area contributed by atoms with Crippen LogP contribution in [0.3, 0.4) is 0 Å². The Morgan fingerprint density at radius 2 is 2.37 bits per heavy atom. The number of guanidine groups is 1. The summed E-state index contributed by atoms with van der Waals surface area (Å²) >= 11 is 5.34. The topological polar surface area (TPSA) is 41.6 Å². The first-order valence-electron chi connectivity index (χ1n) is 6.97. The molecule has 1 unspecified atom stereocenters. The predicted molar refractivity (Wildman–Crippen MR) is 84.8 cm³/mol. The zero-order valence-corrected chi connectivity index (χ0v) is 13.6. The number of aliphatic imine (C=N–C) groups is 1. The van der Waals surface area contributed by atoms with Crippen molar-refractivity contribution < 1.29 is 0 Å². The molecule has 1 aromatic rings. The highest BCUT2D eigenvalue weighted by molar-refractivity contribution is 9.11. The zero-order chi connectivity index (χ0) is 13.4. The third-order valence-corrected chi connectivity index (χ3v) is 5.75. The van der Waals surface area contributed by atoms with Crippen molar-refractivity contribution in [3.05, 3.63) is 20.8 Å². The van der Waals surface area contributed by atoms with E-state index >= 15 is 0 Å². The van der Waals surface area contributed by atoms with Crippen molar-refractivity contribution in [2.75, 3.05) is 13.1 Å². The van der Waals surface area contributed by atoms with E-state index in [1.165, 1.54) is 21.5 Å². The summed E-state index contributed by atoms with van der Waals surface area (Å²) in [6.45, 7) is 4.43. The van der Waals surface area contributed by atoms with Gasteiger partial charge in [-0.05, 0) is 53.2 Å². The summed E-state index contributed by atoms with van der Waals surface area (Å²) in [5.74, 6) is 2.09. The molecule has 1 aromatic heterocycles. The summed E-state index contributed by atoms with van der Waals surface area (Å²) in [5.41, 5.74) is 6.17. The van der Waals surface area contributed by atoms with Crippen LogP contribution in [-0.2, 0) is 0 Å². The molecule has 1 aliphatic heterocycles. The van der Waals surface area contributed by atoms with Gasteiger partial charge in [0, 0.05) is 23.9 Å². The molecule has 1 aliphatic carbocycles. The van der Waals surface area contributed by atoms with Gasteiger partial charge in [-0.3, -0.25) is 0 Å². The van der Waals surface area contributed by atoms with Crippen LogP contribution in [-0.4, -0.2) is 30.0 Å². The summed E-state index contributed by atoms with van der Waals surface area (Å²) in [4.78, 5) is 8.41. The Morgan fingerprint density at radius 1 is 1.53 bits per heavy atom. The van der Waals surface area contributed by atoms with Crippen LogP contribution in [0.5, 0.6) is 0 Å². The normalized spacial score (nSPS) is 31.6. The van der Waals surface area contributed by atoms with Gasteiger partial charge in [-0.25, -0.2) is 4.99 Å². The second kappa shape index (κ2) is 5.44. The number of rotatable bonds is 2. The van der Waals surface area contributed by atoms with E-state index in [9.17, 15) is 0 Å². The van der Waals surface area contributed by atoms with Gasteiger partial charge in [0.2, 0.25) is 0 Å². The van der Waals surface area contributed by atoms with Gasteiger partial charge < -0.3 is 10.6 Å². The highest BCUT2D eigenvalue weighted by Crippen LogP contribution is 2.46. The fraction of sp³-hybridized carbons (Fsp3) is 0.643. The first-order chi connectivity index (χ1) is 9.13. The number of hydrogen-bond acceptors (Lipinski definition) is 2. The molecule has 0 spiro atoms. The van der Waals surface area contributed by atoms with Crippen LogP contribution in [0.4, 0.5) is 0 Å². The van der Waals surface area contributed by atoms with E-state index < -0.39 is 0 Å². The maximum absolute atomic E-state index is 6.17. The highest BCUT2D eigenvalue weighted by Gasteiger charge is 2.40. The monoisotopic (exact) mass is 341 g/mol. The largest absolute Gasteiger partial charge is 0.370 e. The third-order valence-electron chi connectivity index (χ3n) is 4.00. The molecule has 1 saturated carbocycles. The average molecular weight is 342 g/mol. The van der Waals surface area contributed by atoms with E-state index in [2.05, 4.69) is 39.9 Å². The SMILES string of the molecule is CC1CCCN(C(N)=N[C@@H]2C[C@H]2c2ccc(Br)s2)C1. The molecule has 0 amide bonds. The molecular formula is C14H20BrN3S. The van der Waals surface area contributed by atoms with E-state index in [1.807, 2.05) is 11.3 Å². The zero-order valence-electron chi connectivity index (χ0n) is 11.2. The average Bonchev–Trinajstić information content (AvgIpc) is 3.01. The third kappa shape index (κ3) is 3.14. The molecule has 104 valence electrons. The van der Waals surface area contributed by atoms with Crippen LogP contribution in [0, 0.1) is 5.92 Å². The van der Waals surface area contributed by atoms with E-state index in [0.29, 0.717) is 12.0 Å². The molecule has 2 fully saturated rings. The second-order valence-corrected chi connectivity index (χ2v) is 8.23. The number of piperidine rings is 1. The molecule has 2 heterocycles. The number of nitrogens with zero attached hydrogens (tertiary/aromatic N) is 2. The van der Waals surface area contributed by atoms with Gasteiger partial charge in [-0.2, -0.15) is 0 Å². The van der Waals surface area contributed by atoms with Gasteiger partial charge in [0.25, 0.3) is 0 Å². The Hall–Kier alpha value is -0.550. The van der Waals surface area contributed by atoms with Crippen molar-refractivity contribution in [2.24, 2.45) is 16.6 Å². The fourth-order valence-corrected chi connectivity index (χ4v) is 4.40.